The summed E-state index contributed by atoms with van der Waals surface area (Å²) in [5, 5.41) is 4.29. The zero-order valence-corrected chi connectivity index (χ0v) is 29.7. The third kappa shape index (κ3) is 6.25. The Labute approximate surface area is 272 Å². The van der Waals surface area contributed by atoms with E-state index in [1.165, 1.54) is 60.1 Å². The maximum atomic E-state index is 4.10. The van der Waals surface area contributed by atoms with Gasteiger partial charge < -0.3 is 37.2 Å². The van der Waals surface area contributed by atoms with Gasteiger partial charge in [0.1, 0.15) is 8.07 Å². The van der Waals surface area contributed by atoms with Gasteiger partial charge in [0, 0.05) is 0 Å². The molecule has 5 heteroatoms. The molecular formula is C34H41Cl3SiTi. The quantitative estimate of drug-likeness (QED) is 0.169. The van der Waals surface area contributed by atoms with Gasteiger partial charge in [0.2, 0.25) is 0 Å². The van der Waals surface area contributed by atoms with E-state index in [9.17, 15) is 0 Å². The van der Waals surface area contributed by atoms with E-state index >= 15 is 0 Å². The van der Waals surface area contributed by atoms with E-state index in [4.69, 9.17) is 0 Å². The zero-order chi connectivity index (χ0) is 25.5. The van der Waals surface area contributed by atoms with Crippen LogP contribution in [0.5, 0.6) is 0 Å². The van der Waals surface area contributed by atoms with E-state index in [0.717, 1.165) is 12.8 Å². The van der Waals surface area contributed by atoms with Crippen LogP contribution in [0.2, 0.25) is 5.04 Å². The first-order chi connectivity index (χ1) is 16.6. The van der Waals surface area contributed by atoms with Gasteiger partial charge in [0.05, 0.1) is 0 Å². The van der Waals surface area contributed by atoms with Crippen molar-refractivity contribution in [3.05, 3.63) is 111 Å². The Morgan fingerprint density at radius 3 is 1.54 bits per heavy atom. The molecule has 0 amide bonds. The maximum absolute atomic E-state index is 4.10. The van der Waals surface area contributed by atoms with Crippen LogP contribution in [0.3, 0.4) is 0 Å². The Bertz CT molecular complexity index is 1300. The largest absolute Gasteiger partial charge is 4.00 e. The molecule has 2 atom stereocenters. The molecule has 2 unspecified atom stereocenters. The van der Waals surface area contributed by atoms with Crippen molar-refractivity contribution < 1.29 is 58.9 Å². The average Bonchev–Trinajstić information content (AvgIpc) is 3.06. The van der Waals surface area contributed by atoms with E-state index in [1.807, 2.05) is 0 Å². The summed E-state index contributed by atoms with van der Waals surface area (Å²) in [5.74, 6) is 0. The van der Waals surface area contributed by atoms with Gasteiger partial charge in [-0.05, 0) is 77.0 Å². The van der Waals surface area contributed by atoms with Crippen molar-refractivity contribution in [1.82, 2.24) is 0 Å². The third-order valence-electron chi connectivity index (χ3n) is 8.93. The van der Waals surface area contributed by atoms with Crippen LogP contribution in [0.15, 0.2) is 77.4 Å². The standard InChI is InChI=1S/C34H41Si.3ClH.Ti/c1-10-29-19-30(11-2)21-33(20-29)35(31-15-13-12-14-16-31,32-17-23(3)26(6)24(4)18-32)34(9)22-25(5)27(7)28(34)8;;;;/h12-21H,10-11H2,1-9H3;3*1H;/q-1;;;;+4/p-3. The van der Waals surface area contributed by atoms with E-state index < -0.39 is 8.07 Å². The van der Waals surface area contributed by atoms with Crippen molar-refractivity contribution in [2.75, 3.05) is 0 Å². The van der Waals surface area contributed by atoms with Crippen LogP contribution in [0.1, 0.15) is 69.4 Å². The van der Waals surface area contributed by atoms with Crippen molar-refractivity contribution in [1.29, 1.82) is 0 Å². The van der Waals surface area contributed by atoms with Crippen LogP contribution in [0, 0.1) is 26.8 Å². The van der Waals surface area contributed by atoms with Crippen molar-refractivity contribution in [2.45, 2.75) is 80.2 Å². The summed E-state index contributed by atoms with van der Waals surface area (Å²) in [4.78, 5) is 0. The molecule has 0 bridgehead atoms. The van der Waals surface area contributed by atoms with Gasteiger partial charge in [-0.25, -0.2) is 5.57 Å². The molecule has 1 aliphatic carbocycles. The van der Waals surface area contributed by atoms with Gasteiger partial charge in [0.15, 0.2) is 0 Å². The molecule has 0 N–H and O–H groups in total. The first-order valence-corrected chi connectivity index (χ1v) is 15.2. The molecule has 39 heavy (non-hydrogen) atoms. The molecule has 0 aliphatic heterocycles. The van der Waals surface area contributed by atoms with Crippen LogP contribution in [-0.4, -0.2) is 8.07 Å². The molecule has 0 spiro atoms. The minimum Gasteiger partial charge on any atom is -1.00 e. The first kappa shape index (κ1) is 37.9. The average molecular weight is 632 g/mol. The second-order valence-corrected chi connectivity index (χ2v) is 15.0. The first-order valence-electron chi connectivity index (χ1n) is 13.2. The predicted molar refractivity (Wildman–Crippen MR) is 156 cm³/mol. The van der Waals surface area contributed by atoms with E-state index in [0.29, 0.717) is 0 Å². The molecule has 0 radical (unpaired) electrons. The van der Waals surface area contributed by atoms with Gasteiger partial charge in [-0.1, -0.05) is 100 Å². The van der Waals surface area contributed by atoms with Crippen molar-refractivity contribution in [3.8, 4) is 0 Å². The fourth-order valence-corrected chi connectivity index (χ4v) is 12.5. The van der Waals surface area contributed by atoms with Crippen LogP contribution in [0.4, 0.5) is 0 Å². The van der Waals surface area contributed by atoms with Crippen LogP contribution in [-0.2, 0) is 34.6 Å². The third-order valence-corrected chi connectivity index (χ3v) is 14.4. The Balaban J connectivity index is 0.00000361. The minimum absolute atomic E-state index is 0. The number of benzene rings is 3. The van der Waals surface area contributed by atoms with E-state index in [2.05, 4.69) is 129 Å². The van der Waals surface area contributed by atoms with E-state index in [1.54, 1.807) is 0 Å². The smallest absolute Gasteiger partial charge is 1.00 e. The zero-order valence-electron chi connectivity index (χ0n) is 24.8. The number of rotatable bonds is 6. The van der Waals surface area contributed by atoms with Gasteiger partial charge in [0.25, 0.3) is 0 Å². The Morgan fingerprint density at radius 1 is 0.667 bits per heavy atom. The summed E-state index contributed by atoms with van der Waals surface area (Å²) in [6.07, 6.45) is 6.20. The SMILES string of the molecule is CCc1cc(CC)cc([Si](c2ccccc2)(c2cc(C)c(C)c(C)c2)C2(C)[C-]=C(C)C(C)=C2C)c1.[Cl-].[Cl-].[Cl-].[Ti+4]. The second-order valence-electron chi connectivity index (χ2n) is 10.7. The van der Waals surface area contributed by atoms with Crippen molar-refractivity contribution in [2.24, 2.45) is 0 Å². The second kappa shape index (κ2) is 14.7. The summed E-state index contributed by atoms with van der Waals surface area (Å²) in [7, 11) is -2.63. The van der Waals surface area contributed by atoms with Crippen molar-refractivity contribution in [3.63, 3.8) is 0 Å². The fourth-order valence-electron chi connectivity index (χ4n) is 6.29. The van der Waals surface area contributed by atoms with Crippen LogP contribution < -0.4 is 52.8 Å². The number of allylic oxidation sites excluding steroid dienone is 4. The van der Waals surface area contributed by atoms with Gasteiger partial charge in [-0.15, -0.1) is 6.92 Å². The van der Waals surface area contributed by atoms with Crippen LogP contribution >= 0.6 is 0 Å². The molecule has 0 heterocycles. The fraction of sp³-hybridized carbons (Fsp3) is 0.353. The number of aryl methyl sites for hydroxylation is 4. The molecule has 3 aromatic carbocycles. The normalized spacial score (nSPS) is 17.6. The molecular weight excluding hydrogens is 591 g/mol. The topological polar surface area (TPSA) is 0 Å². The molecule has 0 saturated heterocycles. The molecule has 1 aliphatic rings. The van der Waals surface area contributed by atoms with Gasteiger partial charge >= 0.3 is 21.7 Å². The van der Waals surface area contributed by atoms with Crippen LogP contribution in [0.25, 0.3) is 0 Å². The Kier molecular flexibility index (Phi) is 14.3. The summed E-state index contributed by atoms with van der Waals surface area (Å²) < 4.78 is 0. The molecule has 206 valence electrons. The molecule has 0 saturated carbocycles. The summed E-state index contributed by atoms with van der Waals surface area (Å²) in [6, 6.07) is 23.9. The number of hydrogen-bond acceptors (Lipinski definition) is 0. The summed E-state index contributed by atoms with van der Waals surface area (Å²) >= 11 is 0. The molecule has 0 fully saturated rings. The molecule has 3 aromatic rings. The molecule has 4 rings (SSSR count). The Hall–Kier alpha value is -1.06. The monoisotopic (exact) mass is 630 g/mol. The minimum atomic E-state index is -2.63. The molecule has 0 aromatic heterocycles. The predicted octanol–water partition coefficient (Wildman–Crippen LogP) is -1.92. The van der Waals surface area contributed by atoms with Crippen molar-refractivity contribution >= 4 is 23.6 Å². The number of hydrogen-bond donors (Lipinski definition) is 0. The summed E-state index contributed by atoms with van der Waals surface area (Å²) in [5.41, 5.74) is 11.2. The maximum Gasteiger partial charge on any atom is 4.00 e. The van der Waals surface area contributed by atoms with E-state index in [-0.39, 0.29) is 64.0 Å². The number of halogens is 3. The molecule has 0 nitrogen and oxygen atoms in total. The van der Waals surface area contributed by atoms with Gasteiger partial charge in [-0.3, -0.25) is 6.08 Å². The Morgan fingerprint density at radius 2 is 1.13 bits per heavy atom. The van der Waals surface area contributed by atoms with Gasteiger partial charge in [-0.2, -0.15) is 11.1 Å². The summed E-state index contributed by atoms with van der Waals surface area (Å²) in [6.45, 7) is 20.8.